The van der Waals surface area contributed by atoms with E-state index in [-0.39, 0.29) is 5.97 Å². The van der Waals surface area contributed by atoms with E-state index in [9.17, 15) is 4.79 Å². The van der Waals surface area contributed by atoms with Crippen LogP contribution in [-0.4, -0.2) is 33.9 Å². The second-order valence-corrected chi connectivity index (χ2v) is 5.16. The van der Waals surface area contributed by atoms with Crippen molar-refractivity contribution in [2.75, 3.05) is 33.3 Å². The van der Waals surface area contributed by atoms with Crippen LogP contribution in [0.4, 0.5) is 5.69 Å². The molecule has 0 spiro atoms. The lowest BCUT2D eigenvalue weighted by molar-refractivity contribution is 0.0601. The Morgan fingerprint density at radius 3 is 2.08 bits per heavy atom. The van der Waals surface area contributed by atoms with Crippen molar-refractivity contribution in [3.63, 3.8) is 0 Å². The zero-order chi connectivity index (χ0) is 18.2. The van der Waals surface area contributed by atoms with Gasteiger partial charge in [-0.25, -0.2) is 4.79 Å². The standard InChI is InChI=1S/C19H23NO5/c1-5-25-15-10-17(22-2)16(18(11-15)23-3)12-20-14-8-6-13(7-9-14)19(21)24-4/h6-11,20H,5,12H2,1-4H3. The van der Waals surface area contributed by atoms with Crippen LogP contribution < -0.4 is 19.5 Å². The predicted octanol–water partition coefficient (Wildman–Crippen LogP) is 3.50. The highest BCUT2D eigenvalue weighted by molar-refractivity contribution is 5.89. The van der Waals surface area contributed by atoms with Crippen LogP contribution in [0.1, 0.15) is 22.8 Å². The molecule has 134 valence electrons. The van der Waals surface area contributed by atoms with Gasteiger partial charge in [0, 0.05) is 24.4 Å². The van der Waals surface area contributed by atoms with Gasteiger partial charge in [-0.2, -0.15) is 0 Å². The minimum Gasteiger partial charge on any atom is -0.496 e. The summed E-state index contributed by atoms with van der Waals surface area (Å²) in [5, 5.41) is 3.29. The van der Waals surface area contributed by atoms with Gasteiger partial charge < -0.3 is 24.3 Å². The molecule has 0 aliphatic rings. The molecule has 0 saturated carbocycles. The van der Waals surface area contributed by atoms with Crippen molar-refractivity contribution < 1.29 is 23.7 Å². The molecule has 0 bridgehead atoms. The smallest absolute Gasteiger partial charge is 0.337 e. The number of ether oxygens (including phenoxy) is 4. The van der Waals surface area contributed by atoms with Crippen LogP contribution in [0, 0.1) is 0 Å². The van der Waals surface area contributed by atoms with Gasteiger partial charge >= 0.3 is 5.97 Å². The molecule has 0 aliphatic carbocycles. The summed E-state index contributed by atoms with van der Waals surface area (Å²) < 4.78 is 21.2. The third kappa shape index (κ3) is 4.56. The summed E-state index contributed by atoms with van der Waals surface area (Å²) in [5.74, 6) is 1.70. The Balaban J connectivity index is 2.17. The zero-order valence-electron chi connectivity index (χ0n) is 14.9. The number of anilines is 1. The van der Waals surface area contributed by atoms with Crippen molar-refractivity contribution in [3.8, 4) is 17.2 Å². The van der Waals surface area contributed by atoms with Crippen molar-refractivity contribution in [3.05, 3.63) is 47.5 Å². The Bertz CT molecular complexity index is 687. The van der Waals surface area contributed by atoms with E-state index in [1.807, 2.05) is 31.2 Å². The predicted molar refractivity (Wildman–Crippen MR) is 95.8 cm³/mol. The van der Waals surface area contributed by atoms with Crippen molar-refractivity contribution in [1.29, 1.82) is 0 Å². The van der Waals surface area contributed by atoms with Crippen LogP contribution >= 0.6 is 0 Å². The summed E-state index contributed by atoms with van der Waals surface area (Å²) in [4.78, 5) is 11.5. The summed E-state index contributed by atoms with van der Waals surface area (Å²) in [6, 6.07) is 10.7. The molecule has 2 aromatic carbocycles. The largest absolute Gasteiger partial charge is 0.496 e. The van der Waals surface area contributed by atoms with Crippen LogP contribution in [-0.2, 0) is 11.3 Å². The minimum absolute atomic E-state index is 0.360. The molecule has 0 fully saturated rings. The van der Waals surface area contributed by atoms with Crippen LogP contribution in [0.5, 0.6) is 17.2 Å². The third-order valence-electron chi connectivity index (χ3n) is 3.67. The molecule has 2 rings (SSSR count). The molecular formula is C19H23NO5. The average molecular weight is 345 g/mol. The fourth-order valence-corrected chi connectivity index (χ4v) is 2.42. The van der Waals surface area contributed by atoms with E-state index in [0.717, 1.165) is 11.3 Å². The van der Waals surface area contributed by atoms with E-state index < -0.39 is 0 Å². The molecule has 0 unspecified atom stereocenters. The molecular weight excluding hydrogens is 322 g/mol. The lowest BCUT2D eigenvalue weighted by atomic mass is 10.1. The second-order valence-electron chi connectivity index (χ2n) is 5.16. The maximum absolute atomic E-state index is 11.5. The molecule has 0 atom stereocenters. The van der Waals surface area contributed by atoms with Gasteiger partial charge in [-0.3, -0.25) is 0 Å². The van der Waals surface area contributed by atoms with Gasteiger partial charge in [-0.1, -0.05) is 0 Å². The van der Waals surface area contributed by atoms with Crippen LogP contribution in [0.25, 0.3) is 0 Å². The fraction of sp³-hybridized carbons (Fsp3) is 0.316. The Kier molecular flexibility index (Phi) is 6.51. The highest BCUT2D eigenvalue weighted by Crippen LogP contribution is 2.34. The van der Waals surface area contributed by atoms with Gasteiger partial charge in [-0.05, 0) is 31.2 Å². The minimum atomic E-state index is -0.360. The van der Waals surface area contributed by atoms with Crippen molar-refractivity contribution in [2.24, 2.45) is 0 Å². The van der Waals surface area contributed by atoms with E-state index in [4.69, 9.17) is 18.9 Å². The number of esters is 1. The number of methoxy groups -OCH3 is 3. The second kappa shape index (κ2) is 8.82. The molecule has 2 aromatic rings. The Morgan fingerprint density at radius 1 is 1.00 bits per heavy atom. The quantitative estimate of drug-likeness (QED) is 0.739. The Hall–Kier alpha value is -2.89. The number of benzene rings is 2. The monoisotopic (exact) mass is 345 g/mol. The van der Waals surface area contributed by atoms with Gasteiger partial charge in [0.2, 0.25) is 0 Å². The average Bonchev–Trinajstić information content (AvgIpc) is 2.66. The molecule has 0 radical (unpaired) electrons. The molecule has 0 amide bonds. The van der Waals surface area contributed by atoms with Crippen molar-refractivity contribution in [2.45, 2.75) is 13.5 Å². The Labute approximate surface area is 147 Å². The highest BCUT2D eigenvalue weighted by atomic mass is 16.5. The number of nitrogens with one attached hydrogen (secondary N) is 1. The summed E-state index contributed by atoms with van der Waals surface area (Å²) >= 11 is 0. The Morgan fingerprint density at radius 2 is 1.60 bits per heavy atom. The van der Waals surface area contributed by atoms with E-state index in [1.54, 1.807) is 26.4 Å². The summed E-state index contributed by atoms with van der Waals surface area (Å²) in [6.45, 7) is 2.99. The highest BCUT2D eigenvalue weighted by Gasteiger charge is 2.13. The number of carbonyl (C=O) groups excluding carboxylic acids is 1. The van der Waals surface area contributed by atoms with Gasteiger partial charge in [0.1, 0.15) is 17.2 Å². The van der Waals surface area contributed by atoms with Gasteiger partial charge in [0.15, 0.2) is 0 Å². The molecule has 6 nitrogen and oxygen atoms in total. The van der Waals surface area contributed by atoms with Gasteiger partial charge in [0.05, 0.1) is 39.1 Å². The lowest BCUT2D eigenvalue weighted by Gasteiger charge is -2.16. The molecule has 0 heterocycles. The van der Waals surface area contributed by atoms with E-state index in [0.29, 0.717) is 36.0 Å². The van der Waals surface area contributed by atoms with E-state index >= 15 is 0 Å². The van der Waals surface area contributed by atoms with Crippen LogP contribution in [0.2, 0.25) is 0 Å². The number of carbonyl (C=O) groups is 1. The summed E-state index contributed by atoms with van der Waals surface area (Å²) in [7, 11) is 4.58. The molecule has 0 aliphatic heterocycles. The van der Waals surface area contributed by atoms with Gasteiger partial charge in [0.25, 0.3) is 0 Å². The zero-order valence-corrected chi connectivity index (χ0v) is 14.9. The first-order valence-corrected chi connectivity index (χ1v) is 7.92. The third-order valence-corrected chi connectivity index (χ3v) is 3.67. The first-order chi connectivity index (χ1) is 12.1. The summed E-state index contributed by atoms with van der Waals surface area (Å²) in [5.41, 5.74) is 2.25. The first kappa shape index (κ1) is 18.4. The maximum atomic E-state index is 11.5. The fourth-order valence-electron chi connectivity index (χ4n) is 2.42. The number of hydrogen-bond donors (Lipinski definition) is 1. The van der Waals surface area contributed by atoms with Crippen molar-refractivity contribution in [1.82, 2.24) is 0 Å². The van der Waals surface area contributed by atoms with E-state index in [2.05, 4.69) is 5.32 Å². The van der Waals surface area contributed by atoms with Crippen molar-refractivity contribution >= 4 is 11.7 Å². The SMILES string of the molecule is CCOc1cc(OC)c(CNc2ccc(C(=O)OC)cc2)c(OC)c1. The molecule has 25 heavy (non-hydrogen) atoms. The maximum Gasteiger partial charge on any atom is 0.337 e. The number of hydrogen-bond acceptors (Lipinski definition) is 6. The topological polar surface area (TPSA) is 66.0 Å². The molecule has 0 aromatic heterocycles. The summed E-state index contributed by atoms with van der Waals surface area (Å²) in [6.07, 6.45) is 0. The molecule has 0 saturated heterocycles. The lowest BCUT2D eigenvalue weighted by Crippen LogP contribution is -2.06. The van der Waals surface area contributed by atoms with Crippen LogP contribution in [0.3, 0.4) is 0 Å². The van der Waals surface area contributed by atoms with Crippen LogP contribution in [0.15, 0.2) is 36.4 Å². The first-order valence-electron chi connectivity index (χ1n) is 7.92. The molecule has 1 N–H and O–H groups in total. The van der Waals surface area contributed by atoms with Gasteiger partial charge in [-0.15, -0.1) is 0 Å². The normalized spacial score (nSPS) is 10.1. The van der Waals surface area contributed by atoms with E-state index in [1.165, 1.54) is 7.11 Å². The molecule has 6 heteroatoms. The number of rotatable bonds is 8.